The second kappa shape index (κ2) is 3.93. The zero-order valence-electron chi connectivity index (χ0n) is 7.37. The van der Waals surface area contributed by atoms with E-state index >= 15 is 0 Å². The molecule has 0 spiro atoms. The van der Waals surface area contributed by atoms with E-state index < -0.39 is 7.65 Å². The van der Waals surface area contributed by atoms with E-state index in [0.717, 1.165) is 0 Å². The Morgan fingerprint density at radius 3 is 3.33 bits per heavy atom. The highest BCUT2D eigenvalue weighted by Gasteiger charge is 2.43. The van der Waals surface area contributed by atoms with Gasteiger partial charge in [-0.15, -0.1) is 0 Å². The fourth-order valence-corrected chi connectivity index (χ4v) is 5.65. The van der Waals surface area contributed by atoms with E-state index in [9.17, 15) is 0 Å². The van der Waals surface area contributed by atoms with E-state index in [2.05, 4.69) is 11.2 Å². The summed E-state index contributed by atoms with van der Waals surface area (Å²) < 4.78 is 8.14. The van der Waals surface area contributed by atoms with E-state index in [0.29, 0.717) is 12.1 Å². The summed E-state index contributed by atoms with van der Waals surface area (Å²) in [5.74, 6) is 0. The van der Waals surface area contributed by atoms with E-state index in [1.54, 1.807) is 0 Å². The van der Waals surface area contributed by atoms with Gasteiger partial charge in [0.05, 0.1) is 6.10 Å². The van der Waals surface area contributed by atoms with Gasteiger partial charge in [-0.1, -0.05) is 6.55 Å². The van der Waals surface area contributed by atoms with Crippen molar-refractivity contribution in [3.63, 3.8) is 0 Å². The summed E-state index contributed by atoms with van der Waals surface area (Å²) in [4.78, 5) is 0. The van der Waals surface area contributed by atoms with Crippen LogP contribution in [0.2, 0.25) is 12.6 Å². The van der Waals surface area contributed by atoms with Crippen LogP contribution in [0.4, 0.5) is 0 Å². The van der Waals surface area contributed by atoms with Gasteiger partial charge in [0.15, 0.2) is 0 Å². The predicted molar refractivity (Wildman–Crippen MR) is 56.6 cm³/mol. The number of halogens is 1. The molecule has 0 aromatic carbocycles. The maximum Gasteiger partial charge on any atom is 0.207 e. The first-order valence-electron chi connectivity index (χ1n) is 4.72. The van der Waals surface area contributed by atoms with E-state index in [-0.39, 0.29) is 9.52 Å². The summed E-state index contributed by atoms with van der Waals surface area (Å²) >= 11 is 6.13. The molecule has 12 heavy (non-hydrogen) atoms. The Balaban J connectivity index is 1.99. The topological polar surface area (TPSA) is 12.5 Å². The van der Waals surface area contributed by atoms with Crippen molar-refractivity contribution in [1.29, 1.82) is 0 Å². The molecule has 2 aliphatic rings. The van der Waals surface area contributed by atoms with Crippen LogP contribution in [-0.2, 0) is 4.52 Å². The summed E-state index contributed by atoms with van der Waals surface area (Å²) in [5, 5.41) is 0. The van der Waals surface area contributed by atoms with Crippen LogP contribution in [0.3, 0.4) is 0 Å². The summed E-state index contributed by atoms with van der Waals surface area (Å²) in [6.07, 6.45) is 3.12. The van der Waals surface area contributed by atoms with Crippen LogP contribution in [-0.4, -0.2) is 32.9 Å². The number of fused-ring (bicyclic) bond motifs is 1. The molecule has 0 bridgehead atoms. The first-order valence-corrected chi connectivity index (χ1v) is 9.25. The minimum atomic E-state index is -0.728. The van der Waals surface area contributed by atoms with E-state index in [4.69, 9.17) is 15.8 Å². The molecular formula is C7H15ClNOPSi. The lowest BCUT2D eigenvalue weighted by atomic mass is 10.1. The minimum Gasteiger partial charge on any atom is -0.327 e. The van der Waals surface area contributed by atoms with Crippen molar-refractivity contribution in [2.24, 2.45) is 0 Å². The number of hydrogen-bond donors (Lipinski definition) is 0. The SMILES string of the molecule is C[SiH2]C[C@H]1OP(Cl)N2CCC[C@@H]12. The average Bonchev–Trinajstić information content (AvgIpc) is 2.58. The Morgan fingerprint density at radius 1 is 1.75 bits per heavy atom. The molecule has 0 aliphatic carbocycles. The standard InChI is InChI=1S/C7H15ClNOPSi/c1-12-5-7-6-3-2-4-9(6)11(8)10-7/h6-7H,2-5,12H2,1H3/t6-,7+,11?/m0/s1. The molecule has 3 atom stereocenters. The highest BCUT2D eigenvalue weighted by molar-refractivity contribution is 7.78. The lowest BCUT2D eigenvalue weighted by molar-refractivity contribution is 0.232. The molecule has 2 nitrogen and oxygen atoms in total. The molecule has 0 amide bonds. The predicted octanol–water partition coefficient (Wildman–Crippen LogP) is 1.95. The average molecular weight is 224 g/mol. The molecule has 5 heteroatoms. The monoisotopic (exact) mass is 223 g/mol. The first kappa shape index (κ1) is 9.41. The Hall–Kier alpha value is 0.857. The van der Waals surface area contributed by atoms with Gasteiger partial charge in [0.25, 0.3) is 0 Å². The Kier molecular flexibility index (Phi) is 3.08. The second-order valence-corrected chi connectivity index (χ2v) is 7.15. The van der Waals surface area contributed by atoms with Crippen LogP contribution in [0.1, 0.15) is 12.8 Å². The molecule has 0 saturated carbocycles. The van der Waals surface area contributed by atoms with E-state index in [1.165, 1.54) is 25.4 Å². The molecule has 70 valence electrons. The van der Waals surface area contributed by atoms with Crippen LogP contribution >= 0.6 is 18.9 Å². The zero-order chi connectivity index (χ0) is 8.55. The smallest absolute Gasteiger partial charge is 0.207 e. The lowest BCUT2D eigenvalue weighted by Crippen LogP contribution is -2.28. The number of nitrogens with zero attached hydrogens (tertiary/aromatic N) is 1. The molecular weight excluding hydrogens is 209 g/mol. The van der Waals surface area contributed by atoms with Gasteiger partial charge in [-0.2, -0.15) is 0 Å². The summed E-state index contributed by atoms with van der Waals surface area (Å²) in [6.45, 7) is 3.51. The van der Waals surface area contributed by atoms with Gasteiger partial charge < -0.3 is 4.52 Å². The van der Waals surface area contributed by atoms with Crippen LogP contribution in [0, 0.1) is 0 Å². The van der Waals surface area contributed by atoms with Crippen molar-refractivity contribution in [2.75, 3.05) is 6.54 Å². The molecule has 2 aliphatic heterocycles. The Bertz CT molecular complexity index is 173. The normalized spacial score (nSPS) is 43.0. The van der Waals surface area contributed by atoms with Gasteiger partial charge in [-0.05, 0) is 30.1 Å². The van der Waals surface area contributed by atoms with Gasteiger partial charge in [0, 0.05) is 22.1 Å². The van der Waals surface area contributed by atoms with Crippen molar-refractivity contribution in [2.45, 2.75) is 37.6 Å². The van der Waals surface area contributed by atoms with Crippen molar-refractivity contribution >= 4 is 28.4 Å². The summed E-state index contributed by atoms with van der Waals surface area (Å²) in [7, 11) is -0.603. The molecule has 2 saturated heterocycles. The summed E-state index contributed by atoms with van der Waals surface area (Å²) in [6, 6.07) is 1.99. The maximum atomic E-state index is 6.13. The molecule has 0 aromatic rings. The Morgan fingerprint density at radius 2 is 2.58 bits per heavy atom. The van der Waals surface area contributed by atoms with Crippen LogP contribution in [0.5, 0.6) is 0 Å². The van der Waals surface area contributed by atoms with Crippen molar-refractivity contribution < 1.29 is 4.52 Å². The molecule has 2 fully saturated rings. The number of hydrogen-bond acceptors (Lipinski definition) is 2. The number of rotatable bonds is 2. The van der Waals surface area contributed by atoms with Crippen molar-refractivity contribution in [3.05, 3.63) is 0 Å². The largest absolute Gasteiger partial charge is 0.327 e. The second-order valence-electron chi connectivity index (χ2n) is 3.53. The molecule has 0 N–H and O–H groups in total. The fourth-order valence-electron chi connectivity index (χ4n) is 2.12. The maximum absolute atomic E-state index is 6.13. The highest BCUT2D eigenvalue weighted by atomic mass is 35.7. The van der Waals surface area contributed by atoms with Crippen molar-refractivity contribution in [1.82, 2.24) is 4.67 Å². The summed E-state index contributed by atoms with van der Waals surface area (Å²) in [5.41, 5.74) is 0. The minimum absolute atomic E-state index is 0.126. The first-order chi connectivity index (χ1) is 5.83. The third-order valence-corrected chi connectivity index (χ3v) is 6.01. The third-order valence-electron chi connectivity index (χ3n) is 2.70. The highest BCUT2D eigenvalue weighted by Crippen LogP contribution is 2.58. The van der Waals surface area contributed by atoms with Crippen LogP contribution in [0.25, 0.3) is 0 Å². The Labute approximate surface area is 82.1 Å². The fraction of sp³-hybridized carbons (Fsp3) is 1.00. The van der Waals surface area contributed by atoms with Gasteiger partial charge in [-0.3, -0.25) is 0 Å². The molecule has 2 rings (SSSR count). The molecule has 1 unspecified atom stereocenters. The van der Waals surface area contributed by atoms with Crippen LogP contribution < -0.4 is 0 Å². The quantitative estimate of drug-likeness (QED) is 0.524. The molecule has 0 aromatic heterocycles. The van der Waals surface area contributed by atoms with Gasteiger partial charge in [0.1, 0.15) is 0 Å². The zero-order valence-corrected chi connectivity index (χ0v) is 10.4. The molecule has 0 radical (unpaired) electrons. The van der Waals surface area contributed by atoms with Gasteiger partial charge >= 0.3 is 0 Å². The van der Waals surface area contributed by atoms with Crippen molar-refractivity contribution in [3.8, 4) is 0 Å². The third kappa shape index (κ3) is 1.58. The van der Waals surface area contributed by atoms with Crippen LogP contribution in [0.15, 0.2) is 0 Å². The molecule has 2 heterocycles. The lowest BCUT2D eigenvalue weighted by Gasteiger charge is -2.15. The van der Waals surface area contributed by atoms with Gasteiger partial charge in [0.2, 0.25) is 7.65 Å². The van der Waals surface area contributed by atoms with E-state index in [1.807, 2.05) is 0 Å². The van der Waals surface area contributed by atoms with Gasteiger partial charge in [-0.25, -0.2) is 4.67 Å².